The molecule has 2 aromatic rings. The Morgan fingerprint density at radius 1 is 1.12 bits per heavy atom. The molecule has 10 heteroatoms. The second-order valence-electron chi connectivity index (χ2n) is 7.18. The Morgan fingerprint density at radius 2 is 1.81 bits per heavy atom. The van der Waals surface area contributed by atoms with Crippen LogP contribution < -0.4 is 9.62 Å². The number of rotatable bonds is 10. The number of hydrogen-bond acceptors (Lipinski definition) is 4. The number of halogens is 2. The Balaban J connectivity index is 2.45. The third-order valence-corrected chi connectivity index (χ3v) is 6.32. The van der Waals surface area contributed by atoms with Crippen LogP contribution in [0.25, 0.3) is 0 Å². The van der Waals surface area contributed by atoms with Gasteiger partial charge in [0.15, 0.2) is 0 Å². The summed E-state index contributed by atoms with van der Waals surface area (Å²) in [5, 5.41) is 3.13. The highest BCUT2D eigenvalue weighted by atomic mass is 35.5. The fourth-order valence-corrected chi connectivity index (χ4v) is 4.30. The zero-order chi connectivity index (χ0) is 23.9. The SMILES string of the molecule is CCNC(=O)C(CC)N(Cc1ccccc1Cl)C(=O)CN(c1cccc(F)c1)S(C)(=O)=O. The van der Waals surface area contributed by atoms with Gasteiger partial charge >= 0.3 is 0 Å². The molecule has 0 aliphatic heterocycles. The zero-order valence-corrected chi connectivity index (χ0v) is 19.8. The smallest absolute Gasteiger partial charge is 0.244 e. The summed E-state index contributed by atoms with van der Waals surface area (Å²) >= 11 is 6.27. The van der Waals surface area contributed by atoms with Gasteiger partial charge in [-0.05, 0) is 43.2 Å². The number of nitrogens with one attached hydrogen (secondary N) is 1. The molecule has 1 N–H and O–H groups in total. The van der Waals surface area contributed by atoms with Crippen LogP contribution in [-0.4, -0.2) is 50.5 Å². The summed E-state index contributed by atoms with van der Waals surface area (Å²) in [4.78, 5) is 27.4. The molecule has 0 aliphatic rings. The van der Waals surface area contributed by atoms with Crippen LogP contribution in [0.5, 0.6) is 0 Å². The Kier molecular flexibility index (Phi) is 9.03. The van der Waals surface area contributed by atoms with E-state index in [0.717, 1.165) is 16.6 Å². The van der Waals surface area contributed by atoms with E-state index in [1.54, 1.807) is 38.1 Å². The van der Waals surface area contributed by atoms with Crippen LogP contribution in [0, 0.1) is 5.82 Å². The van der Waals surface area contributed by atoms with E-state index in [2.05, 4.69) is 5.32 Å². The molecule has 0 spiro atoms. The van der Waals surface area contributed by atoms with Crippen LogP contribution in [0.3, 0.4) is 0 Å². The molecule has 0 radical (unpaired) electrons. The van der Waals surface area contributed by atoms with Gasteiger partial charge in [-0.1, -0.05) is 42.8 Å². The minimum Gasteiger partial charge on any atom is -0.355 e. The summed E-state index contributed by atoms with van der Waals surface area (Å²) in [5.41, 5.74) is 0.631. The molecule has 1 atom stereocenters. The highest BCUT2D eigenvalue weighted by molar-refractivity contribution is 7.92. The van der Waals surface area contributed by atoms with Gasteiger partial charge in [0.05, 0.1) is 11.9 Å². The highest BCUT2D eigenvalue weighted by Gasteiger charge is 2.31. The maximum Gasteiger partial charge on any atom is 0.244 e. The van der Waals surface area contributed by atoms with E-state index >= 15 is 0 Å². The third-order valence-electron chi connectivity index (χ3n) is 4.81. The first-order chi connectivity index (χ1) is 15.1. The van der Waals surface area contributed by atoms with Crippen LogP contribution >= 0.6 is 11.6 Å². The summed E-state index contributed by atoms with van der Waals surface area (Å²) in [6.45, 7) is 3.31. The molecule has 0 saturated carbocycles. The van der Waals surface area contributed by atoms with Crippen LogP contribution in [-0.2, 0) is 26.2 Å². The molecular weight excluding hydrogens is 457 g/mol. The Labute approximate surface area is 193 Å². The Bertz CT molecular complexity index is 1060. The maximum absolute atomic E-state index is 13.7. The molecule has 0 fully saturated rings. The number of carbonyl (C=O) groups excluding carboxylic acids is 2. The first-order valence-corrected chi connectivity index (χ1v) is 12.3. The molecule has 0 saturated heterocycles. The van der Waals surface area contributed by atoms with Gasteiger partial charge in [-0.2, -0.15) is 0 Å². The van der Waals surface area contributed by atoms with Crippen molar-refractivity contribution in [3.05, 3.63) is 64.9 Å². The van der Waals surface area contributed by atoms with Crippen molar-refractivity contribution in [1.82, 2.24) is 10.2 Å². The molecule has 2 amide bonds. The highest BCUT2D eigenvalue weighted by Crippen LogP contribution is 2.22. The number of nitrogens with zero attached hydrogens (tertiary/aromatic N) is 2. The van der Waals surface area contributed by atoms with Gasteiger partial charge in [0.1, 0.15) is 18.4 Å². The third kappa shape index (κ3) is 6.67. The molecule has 2 aromatic carbocycles. The number of carbonyl (C=O) groups is 2. The molecule has 1 unspecified atom stereocenters. The second kappa shape index (κ2) is 11.3. The molecule has 7 nitrogen and oxygen atoms in total. The lowest BCUT2D eigenvalue weighted by atomic mass is 10.1. The summed E-state index contributed by atoms with van der Waals surface area (Å²) in [6.07, 6.45) is 1.24. The summed E-state index contributed by atoms with van der Waals surface area (Å²) in [5.74, 6) is -1.60. The number of hydrogen-bond donors (Lipinski definition) is 1. The largest absolute Gasteiger partial charge is 0.355 e. The van der Waals surface area contributed by atoms with E-state index in [4.69, 9.17) is 11.6 Å². The average Bonchev–Trinajstić information content (AvgIpc) is 2.72. The number of sulfonamides is 1. The topological polar surface area (TPSA) is 86.8 Å². The van der Waals surface area contributed by atoms with Gasteiger partial charge in [0.25, 0.3) is 0 Å². The average molecular weight is 484 g/mol. The van der Waals surface area contributed by atoms with E-state index in [9.17, 15) is 22.4 Å². The summed E-state index contributed by atoms with van der Waals surface area (Å²) in [6, 6.07) is 11.0. The van der Waals surface area contributed by atoms with E-state index in [1.807, 2.05) is 0 Å². The lowest BCUT2D eigenvalue weighted by Gasteiger charge is -2.33. The Morgan fingerprint density at radius 3 is 2.38 bits per heavy atom. The monoisotopic (exact) mass is 483 g/mol. The molecule has 0 aliphatic carbocycles. The molecular formula is C22H27ClFN3O4S. The standard InChI is InChI=1S/C22H27ClFN3O4S/c1-4-20(22(29)25-5-2)26(14-16-9-6-7-12-19(16)23)21(28)15-27(32(3,30)31)18-11-8-10-17(24)13-18/h6-13,20H,4-5,14-15H2,1-3H3,(H,25,29). The van der Waals surface area contributed by atoms with Crippen molar-refractivity contribution >= 4 is 39.1 Å². The lowest BCUT2D eigenvalue weighted by Crippen LogP contribution is -2.52. The van der Waals surface area contributed by atoms with Crippen molar-refractivity contribution in [2.75, 3.05) is 23.7 Å². The lowest BCUT2D eigenvalue weighted by molar-refractivity contribution is -0.140. The second-order valence-corrected chi connectivity index (χ2v) is 9.50. The van der Waals surface area contributed by atoms with Crippen molar-refractivity contribution in [2.45, 2.75) is 32.9 Å². The van der Waals surface area contributed by atoms with Crippen LogP contribution in [0.2, 0.25) is 5.02 Å². The van der Waals surface area contributed by atoms with Crippen molar-refractivity contribution in [2.24, 2.45) is 0 Å². The van der Waals surface area contributed by atoms with Gasteiger partial charge in [-0.25, -0.2) is 12.8 Å². The number of likely N-dealkylation sites (N-methyl/N-ethyl adjacent to an activating group) is 1. The van der Waals surface area contributed by atoms with Crippen molar-refractivity contribution in [3.8, 4) is 0 Å². The molecule has 0 bridgehead atoms. The van der Waals surface area contributed by atoms with Crippen LogP contribution in [0.1, 0.15) is 25.8 Å². The van der Waals surface area contributed by atoms with E-state index < -0.39 is 34.3 Å². The fraction of sp³-hybridized carbons (Fsp3) is 0.364. The van der Waals surface area contributed by atoms with Crippen LogP contribution in [0.4, 0.5) is 10.1 Å². The van der Waals surface area contributed by atoms with Crippen molar-refractivity contribution in [1.29, 1.82) is 0 Å². The number of benzene rings is 2. The number of anilines is 1. The first-order valence-electron chi connectivity index (χ1n) is 10.1. The fourth-order valence-electron chi connectivity index (χ4n) is 3.27. The van der Waals surface area contributed by atoms with Crippen LogP contribution in [0.15, 0.2) is 48.5 Å². The minimum absolute atomic E-state index is 0.00883. The minimum atomic E-state index is -3.91. The first kappa shape index (κ1) is 25.6. The van der Waals surface area contributed by atoms with Gasteiger partial charge in [-0.15, -0.1) is 0 Å². The predicted molar refractivity (Wildman–Crippen MR) is 123 cm³/mol. The predicted octanol–water partition coefficient (Wildman–Crippen LogP) is 3.19. The quantitative estimate of drug-likeness (QED) is 0.562. The normalized spacial score (nSPS) is 12.2. The van der Waals surface area contributed by atoms with E-state index in [1.165, 1.54) is 23.1 Å². The molecule has 174 valence electrons. The van der Waals surface area contributed by atoms with E-state index in [0.29, 0.717) is 23.6 Å². The zero-order valence-electron chi connectivity index (χ0n) is 18.2. The van der Waals surface area contributed by atoms with Gasteiger partial charge < -0.3 is 10.2 Å². The molecule has 2 rings (SSSR count). The summed E-state index contributed by atoms with van der Waals surface area (Å²) < 4.78 is 39.4. The molecule has 32 heavy (non-hydrogen) atoms. The van der Waals surface area contributed by atoms with E-state index in [-0.39, 0.29) is 18.1 Å². The maximum atomic E-state index is 13.7. The Hall–Kier alpha value is -2.65. The van der Waals surface area contributed by atoms with Crippen molar-refractivity contribution < 1.29 is 22.4 Å². The van der Waals surface area contributed by atoms with Gasteiger partial charge in [0, 0.05) is 18.1 Å². The van der Waals surface area contributed by atoms with Gasteiger partial charge in [0.2, 0.25) is 21.8 Å². The molecule has 0 aromatic heterocycles. The summed E-state index contributed by atoms with van der Waals surface area (Å²) in [7, 11) is -3.91. The number of amides is 2. The molecule has 0 heterocycles. The van der Waals surface area contributed by atoms with Gasteiger partial charge in [-0.3, -0.25) is 13.9 Å². The van der Waals surface area contributed by atoms with Crippen molar-refractivity contribution in [3.63, 3.8) is 0 Å².